The van der Waals surface area contributed by atoms with Crippen LogP contribution >= 0.6 is 0 Å². The van der Waals surface area contributed by atoms with Crippen molar-refractivity contribution in [3.63, 3.8) is 0 Å². The van der Waals surface area contributed by atoms with Crippen LogP contribution in [-0.2, 0) is 14.6 Å². The van der Waals surface area contributed by atoms with Gasteiger partial charge in [0, 0.05) is 0 Å². The molecule has 0 aromatic carbocycles. The van der Waals surface area contributed by atoms with Crippen LogP contribution in [0.1, 0.15) is 19.3 Å². The maximum absolute atomic E-state index is 10.0. The van der Waals surface area contributed by atoms with Gasteiger partial charge in [0.15, 0.2) is 0 Å². The van der Waals surface area contributed by atoms with Crippen LogP contribution in [0.25, 0.3) is 0 Å². The fourth-order valence-corrected chi connectivity index (χ4v) is 1.10. The predicted octanol–water partition coefficient (Wildman–Crippen LogP) is -1.06. The molecule has 4 nitrogen and oxygen atoms in total. The van der Waals surface area contributed by atoms with Gasteiger partial charge in [0.2, 0.25) is 10.4 Å². The van der Waals surface area contributed by atoms with Gasteiger partial charge in [-0.05, 0) is 19.3 Å². The van der Waals surface area contributed by atoms with Gasteiger partial charge in [-0.3, -0.25) is 4.18 Å². The minimum atomic E-state index is -4.54. The van der Waals surface area contributed by atoms with Gasteiger partial charge in [-0.2, -0.15) is 0 Å². The average Bonchev–Trinajstić information content (AvgIpc) is 2.14. The largest absolute Gasteiger partial charge is 1.00 e. The molecule has 0 aliphatic carbocycles. The van der Waals surface area contributed by atoms with Gasteiger partial charge in [0.05, 0.1) is 6.61 Å². The topological polar surface area (TPSA) is 66.4 Å². The molecule has 0 aromatic rings. The Labute approximate surface area is 119 Å². The van der Waals surface area contributed by atoms with Crippen molar-refractivity contribution in [2.75, 3.05) is 6.61 Å². The molecule has 0 saturated heterocycles. The van der Waals surface area contributed by atoms with E-state index in [-0.39, 0.29) is 36.2 Å². The fraction of sp³-hybridized carbons (Fsp3) is 0.400. The molecule has 0 radical (unpaired) electrons. The first-order valence-electron chi connectivity index (χ1n) is 4.57. The van der Waals surface area contributed by atoms with Crippen molar-refractivity contribution in [2.24, 2.45) is 0 Å². The molecule has 0 rings (SSSR count). The molecule has 0 aliphatic heterocycles. The Morgan fingerprint density at radius 1 is 1.12 bits per heavy atom. The minimum Gasteiger partial charge on any atom is -0.726 e. The van der Waals surface area contributed by atoms with Crippen LogP contribution in [0.15, 0.2) is 37.0 Å². The maximum atomic E-state index is 10.0. The summed E-state index contributed by atoms with van der Waals surface area (Å²) < 4.78 is 34.1. The van der Waals surface area contributed by atoms with E-state index in [2.05, 4.69) is 10.8 Å². The van der Waals surface area contributed by atoms with Crippen LogP contribution in [0.3, 0.4) is 0 Å². The molecule has 0 spiro atoms. The van der Waals surface area contributed by atoms with Gasteiger partial charge in [0.25, 0.3) is 0 Å². The summed E-state index contributed by atoms with van der Waals surface area (Å²) in [4.78, 5) is 0. The van der Waals surface area contributed by atoms with Crippen LogP contribution in [-0.4, -0.2) is 19.6 Å². The maximum Gasteiger partial charge on any atom is 1.00 e. The first-order chi connectivity index (χ1) is 7.06. The monoisotopic (exact) mass is 254 g/mol. The van der Waals surface area contributed by atoms with Gasteiger partial charge >= 0.3 is 29.6 Å². The summed E-state index contributed by atoms with van der Waals surface area (Å²) in [5, 5.41) is 0. The Hall–Kier alpha value is 0.0900. The quantitative estimate of drug-likeness (QED) is 0.182. The number of rotatable bonds is 8. The van der Waals surface area contributed by atoms with Crippen LogP contribution in [0.4, 0.5) is 0 Å². The van der Waals surface area contributed by atoms with E-state index in [0.717, 1.165) is 12.8 Å². The standard InChI is InChI=1S/C10H16O4S.Na/c1-2-3-4-5-6-7-8-9-10-14-15(11,12)13;/h2,4-5,7-8H,1,3,6,9-10H2,(H,11,12,13);/q;+1/p-1/b5-4-,8-7-;. The molecule has 0 amide bonds. The normalized spacial score (nSPS) is 11.8. The third-order valence-corrected chi connectivity index (χ3v) is 1.88. The molecule has 0 fully saturated rings. The summed E-state index contributed by atoms with van der Waals surface area (Å²) in [6.45, 7) is 3.47. The summed E-state index contributed by atoms with van der Waals surface area (Å²) in [5.41, 5.74) is 0. The van der Waals surface area contributed by atoms with Crippen molar-refractivity contribution in [2.45, 2.75) is 19.3 Å². The molecule has 0 N–H and O–H groups in total. The van der Waals surface area contributed by atoms with Gasteiger partial charge in [-0.1, -0.05) is 30.4 Å². The molecule has 0 aliphatic rings. The SMILES string of the molecule is C=CC/C=C\C/C=C\CCOS(=O)(=O)[O-].[Na+]. The number of hydrogen-bond donors (Lipinski definition) is 0. The van der Waals surface area contributed by atoms with E-state index < -0.39 is 10.4 Å². The number of hydrogen-bond acceptors (Lipinski definition) is 4. The van der Waals surface area contributed by atoms with E-state index in [4.69, 9.17) is 0 Å². The van der Waals surface area contributed by atoms with Crippen molar-refractivity contribution < 1.29 is 46.7 Å². The predicted molar refractivity (Wildman–Crippen MR) is 58.0 cm³/mol. The molecule has 0 saturated carbocycles. The summed E-state index contributed by atoms with van der Waals surface area (Å²) in [6, 6.07) is 0. The second-order valence-corrected chi connectivity index (χ2v) is 3.77. The molecule has 0 unspecified atom stereocenters. The van der Waals surface area contributed by atoms with Gasteiger partial charge < -0.3 is 4.55 Å². The average molecular weight is 254 g/mol. The second-order valence-electron chi connectivity index (χ2n) is 2.72. The molecule has 0 bridgehead atoms. The van der Waals surface area contributed by atoms with Crippen LogP contribution in [0.2, 0.25) is 0 Å². The van der Waals surface area contributed by atoms with Crippen LogP contribution in [0.5, 0.6) is 0 Å². The first-order valence-corrected chi connectivity index (χ1v) is 5.90. The van der Waals surface area contributed by atoms with Crippen LogP contribution in [0, 0.1) is 0 Å². The smallest absolute Gasteiger partial charge is 0.726 e. The summed E-state index contributed by atoms with van der Waals surface area (Å²) in [5.74, 6) is 0. The van der Waals surface area contributed by atoms with E-state index in [1.807, 2.05) is 18.2 Å². The van der Waals surface area contributed by atoms with Gasteiger partial charge in [0.1, 0.15) is 0 Å². The molecule has 0 heterocycles. The van der Waals surface area contributed by atoms with Crippen molar-refractivity contribution in [3.05, 3.63) is 37.0 Å². The van der Waals surface area contributed by atoms with E-state index >= 15 is 0 Å². The van der Waals surface area contributed by atoms with E-state index in [9.17, 15) is 13.0 Å². The Morgan fingerprint density at radius 2 is 1.69 bits per heavy atom. The first kappa shape index (κ1) is 18.5. The third-order valence-electron chi connectivity index (χ3n) is 1.42. The zero-order valence-electron chi connectivity index (χ0n) is 9.46. The second kappa shape index (κ2) is 11.6. The van der Waals surface area contributed by atoms with Crippen LogP contribution < -0.4 is 29.6 Å². The summed E-state index contributed by atoms with van der Waals surface area (Å²) in [6.07, 6.45) is 11.4. The molecule has 16 heavy (non-hydrogen) atoms. The molecule has 0 aromatic heterocycles. The van der Waals surface area contributed by atoms with Gasteiger partial charge in [-0.25, -0.2) is 8.42 Å². The third kappa shape index (κ3) is 16.5. The van der Waals surface area contributed by atoms with Crippen molar-refractivity contribution in [3.8, 4) is 0 Å². The molecule has 0 atom stereocenters. The summed E-state index contributed by atoms with van der Waals surface area (Å²) >= 11 is 0. The summed E-state index contributed by atoms with van der Waals surface area (Å²) in [7, 11) is -4.54. The van der Waals surface area contributed by atoms with Gasteiger partial charge in [-0.15, -0.1) is 6.58 Å². The Balaban J connectivity index is 0. The fourth-order valence-electron chi connectivity index (χ4n) is 0.800. The van der Waals surface area contributed by atoms with Crippen molar-refractivity contribution in [1.82, 2.24) is 0 Å². The number of allylic oxidation sites excluding steroid dienone is 4. The van der Waals surface area contributed by atoms with Crippen molar-refractivity contribution >= 4 is 10.4 Å². The molecule has 6 heteroatoms. The Kier molecular flexibility index (Phi) is 13.3. The van der Waals surface area contributed by atoms with E-state index in [1.54, 1.807) is 12.2 Å². The van der Waals surface area contributed by atoms with E-state index in [0.29, 0.717) is 6.42 Å². The van der Waals surface area contributed by atoms with E-state index in [1.165, 1.54) is 0 Å². The van der Waals surface area contributed by atoms with Crippen molar-refractivity contribution in [1.29, 1.82) is 0 Å². The Morgan fingerprint density at radius 3 is 2.25 bits per heavy atom. The Bertz CT molecular complexity index is 320. The molecule has 86 valence electrons. The molecular weight excluding hydrogens is 239 g/mol. The zero-order chi connectivity index (χ0) is 11.6. The minimum absolute atomic E-state index is 0. The zero-order valence-corrected chi connectivity index (χ0v) is 12.3. The molecular formula is C10H15NaO4S.